The van der Waals surface area contributed by atoms with E-state index in [9.17, 15) is 49.0 Å². The second-order valence-corrected chi connectivity index (χ2v) is 10.8. The summed E-state index contributed by atoms with van der Waals surface area (Å²) in [5, 5.41) is 50.8. The summed E-state index contributed by atoms with van der Waals surface area (Å²) in [4.78, 5) is 78.1. The molecule has 2 heterocycles. The van der Waals surface area contributed by atoms with Gasteiger partial charge in [-0.25, -0.2) is 18.7 Å². The largest absolute Gasteiger partial charge is 0.508 e. The van der Waals surface area contributed by atoms with E-state index in [2.05, 4.69) is 14.5 Å². The van der Waals surface area contributed by atoms with Gasteiger partial charge in [-0.1, -0.05) is 0 Å². The summed E-state index contributed by atoms with van der Waals surface area (Å²) in [5.74, 6) is -3.21. The fourth-order valence-corrected chi connectivity index (χ4v) is 4.40. The number of aromatic hydroxyl groups is 1. The molecule has 19 nitrogen and oxygen atoms in total. The average Bonchev–Trinajstić information content (AvgIpc) is 2.90. The number of nitrogens with two attached hydrogens (primary N) is 1. The number of primary amides is 1. The molecular formula is C24H33N5O14P+. The van der Waals surface area contributed by atoms with Gasteiger partial charge in [0.1, 0.15) is 47.6 Å². The highest BCUT2D eigenvalue weighted by atomic mass is 31.2. The van der Waals surface area contributed by atoms with E-state index in [0.717, 1.165) is 6.92 Å². The number of aromatic nitrogens is 3. The van der Waals surface area contributed by atoms with Gasteiger partial charge in [0.2, 0.25) is 11.8 Å². The number of carbonyl (C=O) groups is 3. The molecule has 0 aliphatic carbocycles. The number of carbonyl (C=O) groups excluding carboxylic acids is 2. The molecule has 2 amide bonds. The van der Waals surface area contributed by atoms with Crippen LogP contribution in [0.1, 0.15) is 26.7 Å². The van der Waals surface area contributed by atoms with Crippen LogP contribution in [0.4, 0.5) is 0 Å². The van der Waals surface area contributed by atoms with E-state index < -0.39 is 67.3 Å². The Morgan fingerprint density at radius 1 is 1.09 bits per heavy atom. The summed E-state index contributed by atoms with van der Waals surface area (Å²) < 4.78 is 16.0. The van der Waals surface area contributed by atoms with Crippen LogP contribution < -0.4 is 26.9 Å². The maximum Gasteiger partial charge on any atom is 0.470 e. The predicted molar refractivity (Wildman–Crippen MR) is 149 cm³/mol. The van der Waals surface area contributed by atoms with Crippen molar-refractivity contribution in [2.75, 3.05) is 0 Å². The van der Waals surface area contributed by atoms with Crippen molar-refractivity contribution in [1.29, 1.82) is 0 Å². The number of rotatable bonds is 12. The molecule has 0 saturated carbocycles. The number of nitrogens with one attached hydrogen (secondary N) is 3. The van der Waals surface area contributed by atoms with Crippen molar-refractivity contribution >= 4 is 47.5 Å². The number of phenolic OH excluding ortho intramolecular Hbond substituents is 1. The number of hydrogen-bond acceptors (Lipinski definition) is 11. The van der Waals surface area contributed by atoms with Crippen molar-refractivity contribution in [3.05, 3.63) is 45.1 Å². The number of fused-ring (bicyclic) bond motifs is 2. The van der Waals surface area contributed by atoms with Crippen molar-refractivity contribution in [3.63, 3.8) is 0 Å². The number of amides is 2. The molecule has 0 aliphatic heterocycles. The fourth-order valence-electron chi connectivity index (χ4n) is 3.89. The normalized spacial score (nSPS) is 15.0. The van der Waals surface area contributed by atoms with Crippen molar-refractivity contribution in [1.82, 2.24) is 15.3 Å². The van der Waals surface area contributed by atoms with E-state index in [4.69, 9.17) is 20.6 Å². The lowest BCUT2D eigenvalue weighted by Gasteiger charge is -2.20. The Labute approximate surface area is 246 Å². The molecule has 0 aliphatic rings. The topological polar surface area (TPSA) is 327 Å². The van der Waals surface area contributed by atoms with Gasteiger partial charge in [-0.3, -0.25) is 23.9 Å². The summed E-state index contributed by atoms with van der Waals surface area (Å²) >= 11 is 0. The zero-order chi connectivity index (χ0) is 33.5. The molecule has 0 bridgehead atoms. The SMILES string of the molecule is C[C@@H](O)[C@@H](O)[C@@H](O)C[n+]1c2cc(O)ccc2cc2c(=O)[nH]c(=O)[nH]c21.C[C@H](OP(=O)(O)O)C(=O)N[C@@H](CCC(N)=O)C(=O)O. The van der Waals surface area contributed by atoms with Crippen LogP contribution in [-0.4, -0.2) is 93.5 Å². The first-order valence-corrected chi connectivity index (χ1v) is 14.2. The highest BCUT2D eigenvalue weighted by Crippen LogP contribution is 2.37. The van der Waals surface area contributed by atoms with Crippen molar-refractivity contribution in [2.45, 2.75) is 63.7 Å². The number of carboxylic acid groups (broad SMARTS) is 1. The minimum atomic E-state index is -4.86. The maximum absolute atomic E-state index is 12.1. The number of H-pyrrole nitrogens is 2. The number of pyridine rings is 1. The number of aliphatic hydroxyl groups excluding tert-OH is 3. The molecule has 2 aromatic heterocycles. The van der Waals surface area contributed by atoms with Gasteiger partial charge in [0.05, 0.1) is 6.10 Å². The van der Waals surface area contributed by atoms with Crippen LogP contribution in [0.25, 0.3) is 21.9 Å². The zero-order valence-corrected chi connectivity index (χ0v) is 24.2. The Bertz CT molecular complexity index is 1680. The number of aromatic amines is 2. The molecule has 1 aromatic carbocycles. The van der Waals surface area contributed by atoms with E-state index in [0.29, 0.717) is 10.9 Å². The molecule has 0 unspecified atom stereocenters. The lowest BCUT2D eigenvalue weighted by molar-refractivity contribution is -0.656. The Morgan fingerprint density at radius 3 is 2.27 bits per heavy atom. The highest BCUT2D eigenvalue weighted by molar-refractivity contribution is 7.46. The molecule has 5 atom stereocenters. The van der Waals surface area contributed by atoms with E-state index in [1.807, 2.05) is 5.32 Å². The number of nitrogens with zero attached hydrogens (tertiary/aromatic N) is 1. The summed E-state index contributed by atoms with van der Waals surface area (Å²) in [7, 11) is -4.86. The number of hydrogen-bond donors (Lipinski definition) is 11. The van der Waals surface area contributed by atoms with Crippen LogP contribution in [0, 0.1) is 0 Å². The van der Waals surface area contributed by atoms with Crippen molar-refractivity contribution in [3.8, 4) is 5.75 Å². The highest BCUT2D eigenvalue weighted by Gasteiger charge is 2.29. The number of benzene rings is 1. The summed E-state index contributed by atoms with van der Waals surface area (Å²) in [6.07, 6.45) is -6.01. The minimum Gasteiger partial charge on any atom is -0.508 e. The molecule has 0 saturated heterocycles. The Balaban J connectivity index is 0.000000321. The van der Waals surface area contributed by atoms with Gasteiger partial charge >= 0.3 is 19.5 Å². The van der Waals surface area contributed by atoms with E-state index >= 15 is 0 Å². The second-order valence-electron chi connectivity index (χ2n) is 9.61. The average molecular weight is 647 g/mol. The number of aliphatic carboxylic acids is 1. The van der Waals surface area contributed by atoms with E-state index in [1.54, 1.807) is 12.1 Å². The van der Waals surface area contributed by atoms with Crippen molar-refractivity contribution in [2.24, 2.45) is 5.73 Å². The molecule has 44 heavy (non-hydrogen) atoms. The van der Waals surface area contributed by atoms with Crippen LogP contribution in [0.15, 0.2) is 33.9 Å². The molecular weight excluding hydrogens is 613 g/mol. The van der Waals surface area contributed by atoms with E-state index in [-0.39, 0.29) is 36.2 Å². The second kappa shape index (κ2) is 15.0. The van der Waals surface area contributed by atoms with Crippen LogP contribution in [0.2, 0.25) is 0 Å². The minimum absolute atomic E-state index is 0.0432. The van der Waals surface area contributed by atoms with Crippen LogP contribution in [-0.2, 0) is 30.0 Å². The third-order valence-electron chi connectivity index (χ3n) is 6.05. The molecule has 0 fully saturated rings. The number of phosphoric acid groups is 1. The molecule has 3 rings (SSSR count). The predicted octanol–water partition coefficient (Wildman–Crippen LogP) is -3.22. The van der Waals surface area contributed by atoms with E-state index in [1.165, 1.54) is 23.6 Å². The van der Waals surface area contributed by atoms with Gasteiger partial charge in [-0.2, -0.15) is 4.98 Å². The number of phenols is 1. The first-order chi connectivity index (χ1) is 20.3. The molecule has 0 spiro atoms. The lowest BCUT2D eigenvalue weighted by Crippen LogP contribution is -2.49. The first-order valence-electron chi connectivity index (χ1n) is 12.7. The van der Waals surface area contributed by atoms with Gasteiger partial charge in [-0.15, -0.1) is 0 Å². The van der Waals surface area contributed by atoms with Crippen LogP contribution in [0.5, 0.6) is 5.75 Å². The van der Waals surface area contributed by atoms with Gasteiger partial charge in [0.25, 0.3) is 11.2 Å². The third-order valence-corrected chi connectivity index (χ3v) is 6.64. The molecule has 242 valence electrons. The van der Waals surface area contributed by atoms with Crippen LogP contribution >= 0.6 is 7.82 Å². The Hall–Kier alpha value is -4.23. The quantitative estimate of drug-likeness (QED) is 0.0524. The lowest BCUT2D eigenvalue weighted by atomic mass is 10.1. The fraction of sp³-hybridized carbons (Fsp3) is 0.417. The van der Waals surface area contributed by atoms with Crippen molar-refractivity contribution < 1.29 is 63.4 Å². The van der Waals surface area contributed by atoms with Gasteiger partial charge in [0, 0.05) is 17.9 Å². The molecule has 0 radical (unpaired) electrons. The van der Waals surface area contributed by atoms with Gasteiger partial charge in [0.15, 0.2) is 0 Å². The Morgan fingerprint density at radius 2 is 1.73 bits per heavy atom. The van der Waals surface area contributed by atoms with Gasteiger partial charge < -0.3 is 46.4 Å². The zero-order valence-electron chi connectivity index (χ0n) is 23.3. The maximum atomic E-state index is 12.1. The van der Waals surface area contributed by atoms with Gasteiger partial charge in [-0.05, 0) is 38.5 Å². The summed E-state index contributed by atoms with van der Waals surface area (Å²) in [5.41, 5.74) is 4.08. The molecule has 12 N–H and O–H groups in total. The summed E-state index contributed by atoms with van der Waals surface area (Å²) in [6.45, 7) is 2.16. The smallest absolute Gasteiger partial charge is 0.470 e. The number of phosphoric ester groups is 1. The van der Waals surface area contributed by atoms with Crippen LogP contribution in [0.3, 0.4) is 0 Å². The molecule has 20 heteroatoms. The number of aliphatic hydroxyl groups is 3. The summed E-state index contributed by atoms with van der Waals surface area (Å²) in [6, 6.07) is 4.59. The first kappa shape index (κ1) is 36.0. The third kappa shape index (κ3) is 10.2. The molecule has 3 aromatic rings. The number of carboxylic acids is 1. The monoisotopic (exact) mass is 646 g/mol. The standard InChI is InChI=1S/C16H17N3O6.C8H15N2O8P/c1-7(20)13(23)12(22)6-19-11-5-9(21)3-2-8(11)4-10-14(19)17-16(25)18-15(10)24;1-4(18-19(15,16)17)7(12)10-5(8(13)14)2-3-6(9)11/h2-5,7,12-13,20,22-23H,6H2,1H3,(H2,17,18,21,24,25);4-5H,2-3H2,1H3,(H2,9,11)(H,10,12)(H,13,14)(H2,15,16,17)/p+1/t7-,12+,13-;4-,5-/m10/s1. The Kier molecular flexibility index (Phi) is 12.2.